The molecule has 1 amide bonds. The summed E-state index contributed by atoms with van der Waals surface area (Å²) in [5.74, 6) is 1.33. The molecule has 0 unspecified atom stereocenters. The van der Waals surface area contributed by atoms with Gasteiger partial charge in [-0.05, 0) is 49.1 Å². The van der Waals surface area contributed by atoms with Gasteiger partial charge in [-0.15, -0.1) is 0 Å². The first-order valence-electron chi connectivity index (χ1n) is 9.35. The number of aromatic nitrogens is 2. The van der Waals surface area contributed by atoms with Crippen molar-refractivity contribution in [3.05, 3.63) is 59.8 Å². The summed E-state index contributed by atoms with van der Waals surface area (Å²) in [6.07, 6.45) is 2.79. The minimum atomic E-state index is -0.0424. The first kappa shape index (κ1) is 19.0. The number of amides is 1. The minimum Gasteiger partial charge on any atom is -0.497 e. The van der Waals surface area contributed by atoms with Gasteiger partial charge in [-0.1, -0.05) is 32.0 Å². The third kappa shape index (κ3) is 4.67. The SMILES string of the molecule is COc1cccc(Cn2ncc3ccc(C(=O)N[C@@H](C)CC(C)C)cc32)c1. The Bertz CT molecular complexity index is 930. The molecule has 0 aliphatic rings. The van der Waals surface area contributed by atoms with Gasteiger partial charge in [0.1, 0.15) is 5.75 Å². The van der Waals surface area contributed by atoms with Crippen molar-refractivity contribution < 1.29 is 9.53 Å². The van der Waals surface area contributed by atoms with E-state index in [-0.39, 0.29) is 11.9 Å². The number of nitrogens with one attached hydrogen (secondary N) is 1. The van der Waals surface area contributed by atoms with Crippen molar-refractivity contribution in [3.63, 3.8) is 0 Å². The van der Waals surface area contributed by atoms with E-state index in [1.807, 2.05) is 60.3 Å². The smallest absolute Gasteiger partial charge is 0.251 e. The van der Waals surface area contributed by atoms with E-state index in [9.17, 15) is 4.79 Å². The largest absolute Gasteiger partial charge is 0.497 e. The highest BCUT2D eigenvalue weighted by Crippen LogP contribution is 2.19. The highest BCUT2D eigenvalue weighted by molar-refractivity contribution is 5.98. The second-order valence-electron chi connectivity index (χ2n) is 7.43. The van der Waals surface area contributed by atoms with Crippen LogP contribution in [0.2, 0.25) is 0 Å². The molecule has 142 valence electrons. The number of benzene rings is 2. The maximum absolute atomic E-state index is 12.6. The summed E-state index contributed by atoms with van der Waals surface area (Å²) in [5, 5.41) is 8.59. The van der Waals surface area contributed by atoms with Crippen LogP contribution in [-0.4, -0.2) is 28.8 Å². The lowest BCUT2D eigenvalue weighted by Gasteiger charge is -2.16. The Labute approximate surface area is 160 Å². The number of carbonyl (C=O) groups excluding carboxylic acids is 1. The summed E-state index contributed by atoms with van der Waals surface area (Å²) < 4.78 is 7.21. The Hall–Kier alpha value is -2.82. The number of carbonyl (C=O) groups is 1. The molecule has 0 aliphatic heterocycles. The lowest BCUT2D eigenvalue weighted by Crippen LogP contribution is -2.33. The lowest BCUT2D eigenvalue weighted by molar-refractivity contribution is 0.0936. The summed E-state index contributed by atoms with van der Waals surface area (Å²) in [5.41, 5.74) is 2.70. The molecule has 1 heterocycles. The molecule has 0 saturated heterocycles. The number of nitrogens with zero attached hydrogens (tertiary/aromatic N) is 2. The van der Waals surface area contributed by atoms with Crippen LogP contribution in [-0.2, 0) is 6.54 Å². The maximum atomic E-state index is 12.6. The highest BCUT2D eigenvalue weighted by Gasteiger charge is 2.13. The molecule has 5 nitrogen and oxygen atoms in total. The summed E-state index contributed by atoms with van der Waals surface area (Å²) in [6, 6.07) is 13.8. The molecule has 0 spiro atoms. The average molecular weight is 365 g/mol. The number of hydrogen-bond acceptors (Lipinski definition) is 3. The zero-order valence-corrected chi connectivity index (χ0v) is 16.4. The molecule has 3 aromatic rings. The number of rotatable bonds is 7. The van der Waals surface area contributed by atoms with E-state index in [2.05, 4.69) is 24.3 Å². The Balaban J connectivity index is 1.82. The van der Waals surface area contributed by atoms with Crippen molar-refractivity contribution in [1.29, 1.82) is 0 Å². The Morgan fingerprint density at radius 2 is 2.00 bits per heavy atom. The monoisotopic (exact) mass is 365 g/mol. The van der Waals surface area contributed by atoms with Gasteiger partial charge in [-0.25, -0.2) is 0 Å². The van der Waals surface area contributed by atoms with Crippen LogP contribution in [0.4, 0.5) is 0 Å². The van der Waals surface area contributed by atoms with E-state index in [0.717, 1.165) is 28.6 Å². The van der Waals surface area contributed by atoms with Gasteiger partial charge in [-0.2, -0.15) is 5.10 Å². The van der Waals surface area contributed by atoms with E-state index in [4.69, 9.17) is 4.74 Å². The Kier molecular flexibility index (Phi) is 5.79. The summed E-state index contributed by atoms with van der Waals surface area (Å²) in [6.45, 7) is 6.98. The fourth-order valence-corrected chi connectivity index (χ4v) is 3.35. The van der Waals surface area contributed by atoms with E-state index in [0.29, 0.717) is 18.0 Å². The van der Waals surface area contributed by atoms with Crippen LogP contribution >= 0.6 is 0 Å². The summed E-state index contributed by atoms with van der Waals surface area (Å²) >= 11 is 0. The van der Waals surface area contributed by atoms with Gasteiger partial charge in [0.2, 0.25) is 0 Å². The van der Waals surface area contributed by atoms with Crippen LogP contribution in [0.1, 0.15) is 43.1 Å². The molecule has 2 aromatic carbocycles. The Morgan fingerprint density at radius 3 is 2.74 bits per heavy atom. The molecule has 1 atom stereocenters. The van der Waals surface area contributed by atoms with Gasteiger partial charge < -0.3 is 10.1 Å². The second-order valence-corrected chi connectivity index (χ2v) is 7.43. The number of methoxy groups -OCH3 is 1. The first-order valence-corrected chi connectivity index (χ1v) is 9.35. The van der Waals surface area contributed by atoms with Crippen molar-refractivity contribution in [3.8, 4) is 5.75 Å². The lowest BCUT2D eigenvalue weighted by atomic mass is 10.0. The van der Waals surface area contributed by atoms with Crippen LogP contribution < -0.4 is 10.1 Å². The molecular weight excluding hydrogens is 338 g/mol. The fourth-order valence-electron chi connectivity index (χ4n) is 3.35. The van der Waals surface area contributed by atoms with Crippen molar-refractivity contribution in [2.75, 3.05) is 7.11 Å². The third-order valence-corrected chi connectivity index (χ3v) is 4.58. The van der Waals surface area contributed by atoms with Crippen LogP contribution in [0.3, 0.4) is 0 Å². The van der Waals surface area contributed by atoms with Gasteiger partial charge in [0.15, 0.2) is 0 Å². The average Bonchev–Trinajstić information content (AvgIpc) is 3.03. The third-order valence-electron chi connectivity index (χ3n) is 4.58. The molecule has 1 aromatic heterocycles. The molecule has 3 rings (SSSR count). The van der Waals surface area contributed by atoms with Gasteiger partial charge in [0.25, 0.3) is 5.91 Å². The fraction of sp³-hybridized carbons (Fsp3) is 0.364. The second kappa shape index (κ2) is 8.25. The van der Waals surface area contributed by atoms with Gasteiger partial charge in [-0.3, -0.25) is 9.48 Å². The number of fused-ring (bicyclic) bond motifs is 1. The predicted octanol–water partition coefficient (Wildman–Crippen LogP) is 4.26. The van der Waals surface area contributed by atoms with E-state index < -0.39 is 0 Å². The zero-order chi connectivity index (χ0) is 19.4. The number of ether oxygens (including phenoxy) is 1. The topological polar surface area (TPSA) is 56.2 Å². The van der Waals surface area contributed by atoms with E-state index in [1.54, 1.807) is 7.11 Å². The van der Waals surface area contributed by atoms with Crippen LogP contribution in [0.25, 0.3) is 10.9 Å². The first-order chi connectivity index (χ1) is 13.0. The predicted molar refractivity (Wildman–Crippen MR) is 108 cm³/mol. The van der Waals surface area contributed by atoms with Crippen LogP contribution in [0.15, 0.2) is 48.7 Å². The molecule has 1 N–H and O–H groups in total. The standard InChI is InChI=1S/C22H27N3O2/c1-15(2)10-16(3)24-22(26)18-8-9-19-13-23-25(21(19)12-18)14-17-6-5-7-20(11-17)27-4/h5-9,11-13,15-16H,10,14H2,1-4H3,(H,24,26)/t16-/m0/s1. The molecule has 27 heavy (non-hydrogen) atoms. The van der Waals surface area contributed by atoms with E-state index >= 15 is 0 Å². The molecule has 0 fully saturated rings. The summed E-state index contributed by atoms with van der Waals surface area (Å²) in [4.78, 5) is 12.6. The van der Waals surface area contributed by atoms with Crippen LogP contribution in [0, 0.1) is 5.92 Å². The highest BCUT2D eigenvalue weighted by atomic mass is 16.5. The molecule has 5 heteroatoms. The molecule has 0 aliphatic carbocycles. The Morgan fingerprint density at radius 1 is 1.19 bits per heavy atom. The number of hydrogen-bond donors (Lipinski definition) is 1. The van der Waals surface area contributed by atoms with Gasteiger partial charge in [0, 0.05) is 17.0 Å². The molecular formula is C22H27N3O2. The minimum absolute atomic E-state index is 0.0424. The molecule has 0 saturated carbocycles. The van der Waals surface area contributed by atoms with Crippen molar-refractivity contribution in [2.45, 2.75) is 39.8 Å². The zero-order valence-electron chi connectivity index (χ0n) is 16.4. The van der Waals surface area contributed by atoms with E-state index in [1.165, 1.54) is 0 Å². The molecule has 0 bridgehead atoms. The van der Waals surface area contributed by atoms with Crippen LogP contribution in [0.5, 0.6) is 5.75 Å². The quantitative estimate of drug-likeness (QED) is 0.681. The normalized spacial score (nSPS) is 12.3. The van der Waals surface area contributed by atoms with Crippen molar-refractivity contribution >= 4 is 16.8 Å². The molecule has 0 radical (unpaired) electrons. The van der Waals surface area contributed by atoms with Gasteiger partial charge >= 0.3 is 0 Å². The maximum Gasteiger partial charge on any atom is 0.251 e. The summed E-state index contributed by atoms with van der Waals surface area (Å²) in [7, 11) is 1.66. The van der Waals surface area contributed by atoms with Crippen molar-refractivity contribution in [2.24, 2.45) is 5.92 Å². The van der Waals surface area contributed by atoms with Crippen molar-refractivity contribution in [1.82, 2.24) is 15.1 Å². The van der Waals surface area contributed by atoms with Gasteiger partial charge in [0.05, 0.1) is 25.4 Å².